The summed E-state index contributed by atoms with van der Waals surface area (Å²) in [7, 11) is 3.28. The van der Waals surface area contributed by atoms with E-state index >= 15 is 4.79 Å². The lowest BCUT2D eigenvalue weighted by molar-refractivity contribution is -0.123. The molecule has 4 aromatic rings. The van der Waals surface area contributed by atoms with Gasteiger partial charge >= 0.3 is 0 Å². The lowest BCUT2D eigenvalue weighted by Gasteiger charge is -2.36. The third-order valence-electron chi connectivity index (χ3n) is 8.26. The van der Waals surface area contributed by atoms with E-state index in [1.54, 1.807) is 14.2 Å². The highest BCUT2D eigenvalue weighted by Crippen LogP contribution is 2.70. The summed E-state index contributed by atoms with van der Waals surface area (Å²) in [5.74, 6) is 1.01. The summed E-state index contributed by atoms with van der Waals surface area (Å²) in [5.41, 5.74) is 3.38. The SMILES string of the molecule is COc1ccc(C2=C(c3ccc(OC)cc3)C3(c4ccccc4)C(=O)C2(c2ccccc2)CC3C#N)cc1. The molecule has 6 rings (SSSR count). The summed E-state index contributed by atoms with van der Waals surface area (Å²) in [6.45, 7) is 0. The number of Topliss-reactive ketones (excluding diaryl/α,β-unsaturated/α-hetero) is 1. The Bertz CT molecular complexity index is 1570. The fourth-order valence-corrected chi connectivity index (χ4v) is 6.67. The molecule has 0 aliphatic heterocycles. The van der Waals surface area contributed by atoms with Gasteiger partial charge in [-0.1, -0.05) is 84.9 Å². The maximum atomic E-state index is 15.2. The van der Waals surface area contributed by atoms with E-state index in [9.17, 15) is 5.26 Å². The van der Waals surface area contributed by atoms with Crippen LogP contribution in [0.4, 0.5) is 0 Å². The number of carbonyl (C=O) groups excluding carboxylic acids is 1. The van der Waals surface area contributed by atoms with Crippen LogP contribution in [-0.4, -0.2) is 20.0 Å². The Labute approximate surface area is 222 Å². The highest BCUT2D eigenvalue weighted by molar-refractivity contribution is 6.29. The number of rotatable bonds is 6. The first-order chi connectivity index (χ1) is 18.6. The van der Waals surface area contributed by atoms with Gasteiger partial charge in [-0.15, -0.1) is 0 Å². The van der Waals surface area contributed by atoms with E-state index in [0.29, 0.717) is 6.42 Å². The minimum absolute atomic E-state index is 0.0607. The lowest BCUT2D eigenvalue weighted by Crippen LogP contribution is -2.38. The number of carbonyl (C=O) groups is 1. The number of nitrogens with zero attached hydrogens (tertiary/aromatic N) is 1. The van der Waals surface area contributed by atoms with Crippen molar-refractivity contribution in [3.63, 3.8) is 0 Å². The predicted octanol–water partition coefficient (Wildman–Crippen LogP) is 6.62. The average molecular weight is 498 g/mol. The number of allylic oxidation sites excluding steroid dienone is 2. The Morgan fingerprint density at radius 1 is 0.684 bits per heavy atom. The molecular formula is C34H27NO3. The summed E-state index contributed by atoms with van der Waals surface area (Å²) in [6, 6.07) is 38.1. The third-order valence-corrected chi connectivity index (χ3v) is 8.26. The quantitative estimate of drug-likeness (QED) is 0.301. The maximum absolute atomic E-state index is 15.2. The van der Waals surface area contributed by atoms with Crippen LogP contribution in [0, 0.1) is 17.2 Å². The highest BCUT2D eigenvalue weighted by atomic mass is 16.5. The summed E-state index contributed by atoms with van der Waals surface area (Å²) in [4.78, 5) is 15.2. The molecule has 0 aromatic heterocycles. The Morgan fingerprint density at radius 2 is 1.16 bits per heavy atom. The second-order valence-electron chi connectivity index (χ2n) is 9.87. The molecule has 3 unspecified atom stereocenters. The largest absolute Gasteiger partial charge is 0.497 e. The first kappa shape index (κ1) is 23.8. The van der Waals surface area contributed by atoms with Crippen LogP contribution in [0.5, 0.6) is 11.5 Å². The maximum Gasteiger partial charge on any atom is 0.164 e. The van der Waals surface area contributed by atoms with Gasteiger partial charge in [-0.3, -0.25) is 4.79 Å². The zero-order valence-corrected chi connectivity index (χ0v) is 21.3. The molecule has 0 N–H and O–H groups in total. The minimum atomic E-state index is -1.12. The van der Waals surface area contributed by atoms with Gasteiger partial charge < -0.3 is 9.47 Å². The van der Waals surface area contributed by atoms with Gasteiger partial charge in [0, 0.05) is 0 Å². The first-order valence-electron chi connectivity index (χ1n) is 12.7. The van der Waals surface area contributed by atoms with Gasteiger partial charge in [0.1, 0.15) is 11.5 Å². The van der Waals surface area contributed by atoms with Crippen LogP contribution in [0.1, 0.15) is 28.7 Å². The molecule has 38 heavy (non-hydrogen) atoms. The van der Waals surface area contributed by atoms with Crippen molar-refractivity contribution in [2.45, 2.75) is 17.3 Å². The van der Waals surface area contributed by atoms with Crippen LogP contribution in [0.15, 0.2) is 109 Å². The molecule has 2 bridgehead atoms. The Morgan fingerprint density at radius 3 is 1.63 bits per heavy atom. The number of nitriles is 1. The smallest absolute Gasteiger partial charge is 0.164 e. The van der Waals surface area contributed by atoms with Crippen molar-refractivity contribution in [3.05, 3.63) is 131 Å². The van der Waals surface area contributed by atoms with Gasteiger partial charge in [0.25, 0.3) is 0 Å². The molecule has 4 aromatic carbocycles. The van der Waals surface area contributed by atoms with Crippen LogP contribution in [-0.2, 0) is 15.6 Å². The molecule has 4 heteroatoms. The number of fused-ring (bicyclic) bond motifs is 2. The van der Waals surface area contributed by atoms with E-state index in [0.717, 1.165) is 44.9 Å². The fraction of sp³-hybridized carbons (Fsp3) is 0.176. The van der Waals surface area contributed by atoms with E-state index in [-0.39, 0.29) is 5.78 Å². The van der Waals surface area contributed by atoms with Gasteiger partial charge in [-0.2, -0.15) is 5.26 Å². The van der Waals surface area contributed by atoms with Crippen LogP contribution < -0.4 is 9.47 Å². The van der Waals surface area contributed by atoms with Crippen LogP contribution in [0.2, 0.25) is 0 Å². The summed E-state index contributed by atoms with van der Waals surface area (Å²) >= 11 is 0. The van der Waals surface area contributed by atoms with Gasteiger partial charge in [0.2, 0.25) is 0 Å². The molecule has 0 spiro atoms. The zero-order chi connectivity index (χ0) is 26.3. The van der Waals surface area contributed by atoms with Gasteiger partial charge in [-0.25, -0.2) is 0 Å². The zero-order valence-electron chi connectivity index (χ0n) is 21.3. The van der Waals surface area contributed by atoms with Crippen LogP contribution in [0.25, 0.3) is 11.1 Å². The monoisotopic (exact) mass is 497 g/mol. The Balaban J connectivity index is 1.78. The molecule has 4 nitrogen and oxygen atoms in total. The van der Waals surface area contributed by atoms with E-state index in [1.807, 2.05) is 109 Å². The number of ketones is 1. The van der Waals surface area contributed by atoms with E-state index in [4.69, 9.17) is 9.47 Å². The molecule has 0 amide bonds. The first-order valence-corrected chi connectivity index (χ1v) is 12.7. The minimum Gasteiger partial charge on any atom is -0.497 e. The van der Waals surface area contributed by atoms with E-state index in [2.05, 4.69) is 6.07 Å². The summed E-state index contributed by atoms with van der Waals surface area (Å²) in [5, 5.41) is 10.6. The standard InChI is InChI=1S/C34H27NO3/c1-37-28-17-13-23(14-18-28)30-31(24-15-19-29(38-2)20-16-24)34(26-11-7-4-8-12-26)27(22-35)21-33(30,32(34)36)25-9-5-3-6-10-25/h3-20,27H,21H2,1-2H3. The van der Waals surface area contributed by atoms with Crippen molar-refractivity contribution in [1.82, 2.24) is 0 Å². The number of hydrogen-bond donors (Lipinski definition) is 0. The molecular weight excluding hydrogens is 470 g/mol. The predicted molar refractivity (Wildman–Crippen MR) is 148 cm³/mol. The number of ether oxygens (including phenoxy) is 2. The van der Waals surface area contributed by atoms with Crippen molar-refractivity contribution >= 4 is 16.9 Å². The fourth-order valence-electron chi connectivity index (χ4n) is 6.67. The molecule has 2 aliphatic rings. The second-order valence-corrected chi connectivity index (χ2v) is 9.87. The molecule has 186 valence electrons. The molecule has 1 saturated carbocycles. The van der Waals surface area contributed by atoms with Crippen LogP contribution >= 0.6 is 0 Å². The number of hydrogen-bond acceptors (Lipinski definition) is 4. The molecule has 0 radical (unpaired) electrons. The highest BCUT2D eigenvalue weighted by Gasteiger charge is 2.72. The summed E-state index contributed by atoms with van der Waals surface area (Å²) < 4.78 is 10.9. The van der Waals surface area contributed by atoms with E-state index in [1.165, 1.54) is 0 Å². The third kappa shape index (κ3) is 3.12. The van der Waals surface area contributed by atoms with Crippen molar-refractivity contribution < 1.29 is 14.3 Å². The van der Waals surface area contributed by atoms with Crippen molar-refractivity contribution in [2.75, 3.05) is 14.2 Å². The topological polar surface area (TPSA) is 59.3 Å². The molecule has 0 heterocycles. The summed E-state index contributed by atoms with van der Waals surface area (Å²) in [6.07, 6.45) is 0.419. The van der Waals surface area contributed by atoms with Crippen molar-refractivity contribution in [3.8, 4) is 17.6 Å². The molecule has 2 aliphatic carbocycles. The Hall–Kier alpha value is -4.62. The normalized spacial score (nSPS) is 23.8. The van der Waals surface area contributed by atoms with Gasteiger partial charge in [0.15, 0.2) is 5.78 Å². The molecule has 3 atom stereocenters. The van der Waals surface area contributed by atoms with Crippen LogP contribution in [0.3, 0.4) is 0 Å². The molecule has 0 saturated heterocycles. The van der Waals surface area contributed by atoms with Crippen molar-refractivity contribution in [2.24, 2.45) is 5.92 Å². The van der Waals surface area contributed by atoms with Gasteiger partial charge in [-0.05, 0) is 64.1 Å². The number of benzene rings is 4. The molecule has 1 fully saturated rings. The Kier molecular flexibility index (Phi) is 5.65. The second kappa shape index (κ2) is 9.04. The van der Waals surface area contributed by atoms with E-state index < -0.39 is 16.7 Å². The average Bonchev–Trinajstić information content (AvgIpc) is 3.39. The van der Waals surface area contributed by atoms with Gasteiger partial charge in [0.05, 0.1) is 37.0 Å². The van der Waals surface area contributed by atoms with Crippen molar-refractivity contribution in [1.29, 1.82) is 5.26 Å². The lowest BCUT2D eigenvalue weighted by atomic mass is 9.63. The number of methoxy groups -OCH3 is 2.